The largest absolute Gasteiger partial charge is 0.356 e. The van der Waals surface area contributed by atoms with E-state index in [9.17, 15) is 10.1 Å². The molecule has 0 N–H and O–H groups in total. The summed E-state index contributed by atoms with van der Waals surface area (Å²) < 4.78 is 10.1. The molecule has 0 radical (unpaired) electrons. The van der Waals surface area contributed by atoms with E-state index in [1.807, 2.05) is 6.92 Å². The maximum absolute atomic E-state index is 10.6. The second-order valence-corrected chi connectivity index (χ2v) is 3.47. The van der Waals surface area contributed by atoms with E-state index in [0.717, 1.165) is 11.1 Å². The van der Waals surface area contributed by atoms with Gasteiger partial charge in [-0.1, -0.05) is 6.07 Å². The van der Waals surface area contributed by atoms with Crippen molar-refractivity contribution in [2.75, 3.05) is 14.2 Å². The van der Waals surface area contributed by atoms with Gasteiger partial charge in [-0.25, -0.2) is 0 Å². The van der Waals surface area contributed by atoms with Gasteiger partial charge in [-0.3, -0.25) is 10.1 Å². The fourth-order valence-electron chi connectivity index (χ4n) is 1.43. The molecule has 0 unspecified atom stereocenters. The molecule has 0 aliphatic carbocycles. The lowest BCUT2D eigenvalue weighted by Gasteiger charge is -2.14. The highest BCUT2D eigenvalue weighted by Crippen LogP contribution is 2.19. The Kier molecular flexibility index (Phi) is 4.39. The minimum Gasteiger partial charge on any atom is -0.356 e. The summed E-state index contributed by atoms with van der Waals surface area (Å²) in [4.78, 5) is 10.2. The van der Waals surface area contributed by atoms with E-state index in [4.69, 9.17) is 9.47 Å². The average molecular weight is 225 g/mol. The fraction of sp³-hybridized carbons (Fsp3) is 0.455. The molecule has 0 atom stereocenters. The second kappa shape index (κ2) is 5.58. The number of methoxy groups -OCH3 is 2. The van der Waals surface area contributed by atoms with Gasteiger partial charge in [0.05, 0.1) is 4.92 Å². The molecule has 1 aromatic rings. The van der Waals surface area contributed by atoms with Gasteiger partial charge in [-0.2, -0.15) is 0 Å². The van der Waals surface area contributed by atoms with Crippen molar-refractivity contribution < 1.29 is 14.4 Å². The van der Waals surface area contributed by atoms with Crippen LogP contribution in [0.25, 0.3) is 0 Å². The van der Waals surface area contributed by atoms with Crippen LogP contribution in [0, 0.1) is 17.0 Å². The van der Waals surface area contributed by atoms with Crippen molar-refractivity contribution in [2.45, 2.75) is 19.6 Å². The number of non-ortho nitro benzene ring substituents is 1. The minimum absolute atomic E-state index is 0.0894. The zero-order valence-electron chi connectivity index (χ0n) is 9.60. The number of rotatable bonds is 5. The van der Waals surface area contributed by atoms with Crippen LogP contribution in [-0.2, 0) is 15.9 Å². The van der Waals surface area contributed by atoms with Crippen LogP contribution in [0.2, 0.25) is 0 Å². The zero-order valence-corrected chi connectivity index (χ0v) is 9.60. The van der Waals surface area contributed by atoms with E-state index >= 15 is 0 Å². The lowest BCUT2D eigenvalue weighted by atomic mass is 10.0. The molecule has 0 aliphatic rings. The molecular weight excluding hydrogens is 210 g/mol. The van der Waals surface area contributed by atoms with Gasteiger partial charge < -0.3 is 9.47 Å². The molecule has 1 aromatic carbocycles. The number of nitrogens with zero attached hydrogens (tertiary/aromatic N) is 1. The smallest absolute Gasteiger partial charge is 0.269 e. The highest BCUT2D eigenvalue weighted by molar-refractivity contribution is 5.39. The molecule has 5 nitrogen and oxygen atoms in total. The van der Waals surface area contributed by atoms with Crippen LogP contribution in [0.15, 0.2) is 18.2 Å². The quantitative estimate of drug-likeness (QED) is 0.437. The highest BCUT2D eigenvalue weighted by Gasteiger charge is 2.13. The lowest BCUT2D eigenvalue weighted by molar-refractivity contribution is -0.384. The van der Waals surface area contributed by atoms with Crippen LogP contribution in [0.5, 0.6) is 0 Å². The summed E-state index contributed by atoms with van der Waals surface area (Å²) in [5.41, 5.74) is 1.94. The number of nitro benzene ring substituents is 1. The van der Waals surface area contributed by atoms with Crippen molar-refractivity contribution in [3.05, 3.63) is 39.4 Å². The minimum atomic E-state index is -0.405. The summed E-state index contributed by atoms with van der Waals surface area (Å²) in [6.07, 6.45) is 0.126. The Morgan fingerprint density at radius 3 is 2.50 bits per heavy atom. The Morgan fingerprint density at radius 2 is 2.00 bits per heavy atom. The maximum Gasteiger partial charge on any atom is 0.269 e. The van der Waals surface area contributed by atoms with Gasteiger partial charge in [-0.15, -0.1) is 0 Å². The number of benzene rings is 1. The number of hydrogen-bond acceptors (Lipinski definition) is 4. The first-order valence-corrected chi connectivity index (χ1v) is 4.88. The Bertz CT molecular complexity index is 374. The topological polar surface area (TPSA) is 61.6 Å². The third-order valence-corrected chi connectivity index (χ3v) is 2.46. The Morgan fingerprint density at radius 1 is 1.38 bits per heavy atom. The third kappa shape index (κ3) is 3.01. The van der Waals surface area contributed by atoms with E-state index in [2.05, 4.69) is 0 Å². The summed E-state index contributed by atoms with van der Waals surface area (Å²) in [6, 6.07) is 4.78. The molecule has 0 fully saturated rings. The van der Waals surface area contributed by atoms with E-state index < -0.39 is 4.92 Å². The van der Waals surface area contributed by atoms with Crippen LogP contribution in [0.3, 0.4) is 0 Å². The summed E-state index contributed by atoms with van der Waals surface area (Å²) in [6.45, 7) is 1.90. The van der Waals surface area contributed by atoms with Crippen LogP contribution >= 0.6 is 0 Å². The van der Waals surface area contributed by atoms with Crippen molar-refractivity contribution in [2.24, 2.45) is 0 Å². The molecule has 0 spiro atoms. The molecular formula is C11H15NO4. The van der Waals surface area contributed by atoms with Crippen molar-refractivity contribution in [1.82, 2.24) is 0 Å². The standard InChI is InChI=1S/C11H15NO4/c1-8-4-5-10(12(13)14)6-9(8)7-11(15-2)16-3/h4-6,11H,7H2,1-3H3. The Hall–Kier alpha value is -1.46. The highest BCUT2D eigenvalue weighted by atomic mass is 16.7. The monoisotopic (exact) mass is 225 g/mol. The van der Waals surface area contributed by atoms with Crippen LogP contribution in [0.1, 0.15) is 11.1 Å². The van der Waals surface area contributed by atoms with Crippen molar-refractivity contribution >= 4 is 5.69 Å². The predicted molar refractivity (Wildman–Crippen MR) is 59.3 cm³/mol. The zero-order chi connectivity index (χ0) is 12.1. The van der Waals surface area contributed by atoms with Gasteiger partial charge in [0.1, 0.15) is 0 Å². The molecule has 88 valence electrons. The second-order valence-electron chi connectivity index (χ2n) is 3.47. The number of hydrogen-bond donors (Lipinski definition) is 0. The molecule has 0 heterocycles. The Labute approximate surface area is 94.1 Å². The van der Waals surface area contributed by atoms with Crippen molar-refractivity contribution in [1.29, 1.82) is 0 Å². The Balaban J connectivity index is 2.93. The molecule has 0 amide bonds. The van der Waals surface area contributed by atoms with Crippen LogP contribution in [0.4, 0.5) is 5.69 Å². The van der Waals surface area contributed by atoms with E-state index in [0.29, 0.717) is 6.42 Å². The van der Waals surface area contributed by atoms with Gasteiger partial charge in [0.25, 0.3) is 5.69 Å². The van der Waals surface area contributed by atoms with Gasteiger partial charge >= 0.3 is 0 Å². The summed E-state index contributed by atoms with van der Waals surface area (Å²) >= 11 is 0. The average Bonchev–Trinajstić information content (AvgIpc) is 2.27. The summed E-state index contributed by atoms with van der Waals surface area (Å²) in [5, 5.41) is 10.6. The normalized spacial score (nSPS) is 10.8. The van der Waals surface area contributed by atoms with Crippen molar-refractivity contribution in [3.63, 3.8) is 0 Å². The number of nitro groups is 1. The summed E-state index contributed by atoms with van der Waals surface area (Å²) in [5.74, 6) is 0. The predicted octanol–water partition coefficient (Wildman–Crippen LogP) is 2.06. The first-order chi connectivity index (χ1) is 7.58. The van der Waals surface area contributed by atoms with Crippen LogP contribution in [-0.4, -0.2) is 25.4 Å². The summed E-state index contributed by atoms with van der Waals surface area (Å²) in [7, 11) is 3.09. The van der Waals surface area contributed by atoms with E-state index in [1.54, 1.807) is 26.4 Å². The maximum atomic E-state index is 10.6. The molecule has 5 heteroatoms. The fourth-order valence-corrected chi connectivity index (χ4v) is 1.43. The van der Waals surface area contributed by atoms with Gasteiger partial charge in [-0.05, 0) is 18.1 Å². The molecule has 16 heavy (non-hydrogen) atoms. The number of aryl methyl sites for hydroxylation is 1. The molecule has 1 rings (SSSR count). The molecule has 0 bridgehead atoms. The van der Waals surface area contributed by atoms with Gasteiger partial charge in [0.15, 0.2) is 6.29 Å². The molecule has 0 saturated heterocycles. The van der Waals surface area contributed by atoms with Crippen molar-refractivity contribution in [3.8, 4) is 0 Å². The van der Waals surface area contributed by atoms with E-state index in [-0.39, 0.29) is 12.0 Å². The number of ether oxygens (including phenoxy) is 2. The molecule has 0 aliphatic heterocycles. The van der Waals surface area contributed by atoms with Crippen LogP contribution < -0.4 is 0 Å². The first kappa shape index (κ1) is 12.6. The van der Waals surface area contributed by atoms with Gasteiger partial charge in [0, 0.05) is 32.8 Å². The molecule has 0 saturated carbocycles. The third-order valence-electron chi connectivity index (χ3n) is 2.46. The van der Waals surface area contributed by atoms with E-state index in [1.165, 1.54) is 6.07 Å². The first-order valence-electron chi connectivity index (χ1n) is 4.88. The molecule has 0 aromatic heterocycles. The SMILES string of the molecule is COC(Cc1cc([N+](=O)[O-])ccc1C)OC. The van der Waals surface area contributed by atoms with Gasteiger partial charge in [0.2, 0.25) is 0 Å². The lowest BCUT2D eigenvalue weighted by Crippen LogP contribution is -2.16.